The number of hydrogen-bond acceptors (Lipinski definition) is 3. The smallest absolute Gasteiger partial charge is 0.252 e. The largest absolute Gasteiger partial charge is 0.368 e. The Morgan fingerprint density at radius 1 is 1.08 bits per heavy atom. The number of carbonyl (C=O) groups is 3. The molecule has 0 aliphatic carbocycles. The molecule has 0 unspecified atom stereocenters. The van der Waals surface area contributed by atoms with Crippen molar-refractivity contribution in [2.75, 3.05) is 5.32 Å². The number of anilines is 1. The third kappa shape index (κ3) is 8.33. The summed E-state index contributed by atoms with van der Waals surface area (Å²) in [5.74, 6) is -1.11. The Labute approximate surface area is 149 Å². The molecule has 4 N–H and O–H groups in total. The van der Waals surface area contributed by atoms with Crippen molar-refractivity contribution in [1.82, 2.24) is 5.32 Å². The van der Waals surface area contributed by atoms with Gasteiger partial charge >= 0.3 is 0 Å². The van der Waals surface area contributed by atoms with Crippen molar-refractivity contribution in [3.05, 3.63) is 29.8 Å². The van der Waals surface area contributed by atoms with Gasteiger partial charge in [-0.3, -0.25) is 14.4 Å². The van der Waals surface area contributed by atoms with E-state index in [1.807, 2.05) is 0 Å². The zero-order valence-electron chi connectivity index (χ0n) is 15.1. The molecule has 1 atom stereocenters. The summed E-state index contributed by atoms with van der Waals surface area (Å²) >= 11 is 0. The van der Waals surface area contributed by atoms with Crippen LogP contribution in [0.2, 0.25) is 0 Å². The standard InChI is InChI=1S/C19H29N3O3/c1-3-4-5-6-7-8-12-17(18(20)24)22-19(25)15-10-9-11-16(13-15)21-14(2)23/h9-11,13,17H,3-8,12H2,1-2H3,(H2,20,24)(H,21,23)(H,22,25)/t17-/m0/s1. The Morgan fingerprint density at radius 2 is 1.76 bits per heavy atom. The fourth-order valence-corrected chi connectivity index (χ4v) is 2.60. The lowest BCUT2D eigenvalue weighted by molar-refractivity contribution is -0.120. The van der Waals surface area contributed by atoms with E-state index in [1.54, 1.807) is 24.3 Å². The average Bonchev–Trinajstić information content (AvgIpc) is 2.56. The molecule has 0 bridgehead atoms. The number of nitrogens with two attached hydrogens (primary N) is 1. The van der Waals surface area contributed by atoms with Crippen LogP contribution in [0.15, 0.2) is 24.3 Å². The van der Waals surface area contributed by atoms with Crippen LogP contribution < -0.4 is 16.4 Å². The van der Waals surface area contributed by atoms with Crippen LogP contribution in [0, 0.1) is 0 Å². The van der Waals surface area contributed by atoms with Gasteiger partial charge in [0.05, 0.1) is 0 Å². The summed E-state index contributed by atoms with van der Waals surface area (Å²) in [6.45, 7) is 3.57. The second-order valence-electron chi connectivity index (χ2n) is 6.25. The van der Waals surface area contributed by atoms with Crippen LogP contribution in [-0.2, 0) is 9.59 Å². The highest BCUT2D eigenvalue weighted by Crippen LogP contribution is 2.12. The van der Waals surface area contributed by atoms with E-state index in [2.05, 4.69) is 17.6 Å². The lowest BCUT2D eigenvalue weighted by Crippen LogP contribution is -2.44. The Balaban J connectivity index is 2.55. The highest BCUT2D eigenvalue weighted by molar-refractivity contribution is 5.99. The summed E-state index contributed by atoms with van der Waals surface area (Å²) in [6.07, 6.45) is 7.16. The van der Waals surface area contributed by atoms with Gasteiger partial charge in [0.2, 0.25) is 11.8 Å². The predicted molar refractivity (Wildman–Crippen MR) is 99.2 cm³/mol. The first kappa shape index (κ1) is 20.7. The van der Waals surface area contributed by atoms with Gasteiger partial charge in [-0.15, -0.1) is 0 Å². The molecule has 0 radical (unpaired) electrons. The first-order valence-corrected chi connectivity index (χ1v) is 8.92. The number of primary amides is 1. The van der Waals surface area contributed by atoms with E-state index >= 15 is 0 Å². The van der Waals surface area contributed by atoms with Gasteiger partial charge in [0.15, 0.2) is 0 Å². The van der Waals surface area contributed by atoms with E-state index < -0.39 is 11.9 Å². The maximum Gasteiger partial charge on any atom is 0.252 e. The molecule has 0 aromatic heterocycles. The maximum absolute atomic E-state index is 12.3. The zero-order valence-corrected chi connectivity index (χ0v) is 15.1. The first-order chi connectivity index (χ1) is 11.9. The van der Waals surface area contributed by atoms with Gasteiger partial charge in [-0.05, 0) is 24.6 Å². The average molecular weight is 347 g/mol. The van der Waals surface area contributed by atoms with Gasteiger partial charge in [-0.1, -0.05) is 51.5 Å². The lowest BCUT2D eigenvalue weighted by atomic mass is 10.0. The summed E-state index contributed by atoms with van der Waals surface area (Å²) in [6, 6.07) is 5.89. The van der Waals surface area contributed by atoms with Crippen molar-refractivity contribution in [3.63, 3.8) is 0 Å². The summed E-state index contributed by atoms with van der Waals surface area (Å²) in [5, 5.41) is 5.31. The maximum atomic E-state index is 12.3. The number of amides is 3. The number of rotatable bonds is 11. The molecular weight excluding hydrogens is 318 g/mol. The van der Waals surface area contributed by atoms with Gasteiger partial charge in [0.1, 0.15) is 6.04 Å². The quantitative estimate of drug-likeness (QED) is 0.536. The SMILES string of the molecule is CCCCCCCC[C@H](NC(=O)c1cccc(NC(C)=O)c1)C(N)=O. The molecule has 3 amide bonds. The fraction of sp³-hybridized carbons (Fsp3) is 0.526. The zero-order chi connectivity index (χ0) is 18.7. The molecule has 0 aliphatic heterocycles. The number of carbonyl (C=O) groups excluding carboxylic acids is 3. The van der Waals surface area contributed by atoms with Crippen molar-refractivity contribution in [1.29, 1.82) is 0 Å². The third-order valence-electron chi connectivity index (χ3n) is 3.94. The molecule has 0 aliphatic rings. The van der Waals surface area contributed by atoms with Gasteiger partial charge in [-0.25, -0.2) is 0 Å². The molecule has 0 saturated heterocycles. The highest BCUT2D eigenvalue weighted by Gasteiger charge is 2.18. The Bertz CT molecular complexity index is 587. The minimum Gasteiger partial charge on any atom is -0.368 e. The second kappa shape index (κ2) is 11.2. The Hall–Kier alpha value is -2.37. The number of nitrogens with one attached hydrogen (secondary N) is 2. The van der Waals surface area contributed by atoms with Crippen molar-refractivity contribution < 1.29 is 14.4 Å². The molecule has 0 fully saturated rings. The van der Waals surface area contributed by atoms with E-state index in [4.69, 9.17) is 5.73 Å². The second-order valence-corrected chi connectivity index (χ2v) is 6.25. The van der Waals surface area contributed by atoms with Crippen molar-refractivity contribution in [2.24, 2.45) is 5.73 Å². The fourth-order valence-electron chi connectivity index (χ4n) is 2.60. The van der Waals surface area contributed by atoms with Crippen LogP contribution in [-0.4, -0.2) is 23.8 Å². The van der Waals surface area contributed by atoms with Gasteiger partial charge < -0.3 is 16.4 Å². The van der Waals surface area contributed by atoms with Crippen LogP contribution in [0.4, 0.5) is 5.69 Å². The molecule has 0 saturated carbocycles. The summed E-state index contributed by atoms with van der Waals surface area (Å²) in [5.41, 5.74) is 6.32. The van der Waals surface area contributed by atoms with E-state index in [-0.39, 0.29) is 11.8 Å². The summed E-state index contributed by atoms with van der Waals surface area (Å²) in [4.78, 5) is 35.0. The normalized spacial score (nSPS) is 11.6. The lowest BCUT2D eigenvalue weighted by Gasteiger charge is -2.16. The predicted octanol–water partition coefficient (Wildman–Crippen LogP) is 2.98. The number of hydrogen-bond donors (Lipinski definition) is 3. The highest BCUT2D eigenvalue weighted by atomic mass is 16.2. The van der Waals surface area contributed by atoms with E-state index in [0.717, 1.165) is 19.3 Å². The van der Waals surface area contributed by atoms with Crippen molar-refractivity contribution >= 4 is 23.4 Å². The van der Waals surface area contributed by atoms with E-state index in [1.165, 1.54) is 26.2 Å². The van der Waals surface area contributed by atoms with Crippen molar-refractivity contribution in [3.8, 4) is 0 Å². The Morgan fingerprint density at radius 3 is 2.40 bits per heavy atom. The molecule has 25 heavy (non-hydrogen) atoms. The van der Waals surface area contributed by atoms with Crippen molar-refractivity contribution in [2.45, 2.75) is 64.8 Å². The van der Waals surface area contributed by atoms with Gasteiger partial charge in [0, 0.05) is 18.2 Å². The van der Waals surface area contributed by atoms with Crippen LogP contribution >= 0.6 is 0 Å². The van der Waals surface area contributed by atoms with E-state index in [0.29, 0.717) is 17.7 Å². The first-order valence-electron chi connectivity index (χ1n) is 8.92. The topological polar surface area (TPSA) is 101 Å². The summed E-state index contributed by atoms with van der Waals surface area (Å²) in [7, 11) is 0. The molecule has 6 heteroatoms. The number of benzene rings is 1. The van der Waals surface area contributed by atoms with Crippen LogP contribution in [0.5, 0.6) is 0 Å². The molecule has 1 aromatic rings. The molecule has 0 spiro atoms. The van der Waals surface area contributed by atoms with Gasteiger partial charge in [-0.2, -0.15) is 0 Å². The molecular formula is C19H29N3O3. The summed E-state index contributed by atoms with van der Waals surface area (Å²) < 4.78 is 0. The van der Waals surface area contributed by atoms with Crippen LogP contribution in [0.25, 0.3) is 0 Å². The number of unbranched alkanes of at least 4 members (excludes halogenated alkanes) is 5. The van der Waals surface area contributed by atoms with Gasteiger partial charge in [0.25, 0.3) is 5.91 Å². The monoisotopic (exact) mass is 347 g/mol. The minimum absolute atomic E-state index is 0.212. The molecule has 0 heterocycles. The molecule has 138 valence electrons. The Kier molecular flexibility index (Phi) is 9.29. The van der Waals surface area contributed by atoms with Crippen LogP contribution in [0.3, 0.4) is 0 Å². The van der Waals surface area contributed by atoms with E-state index in [9.17, 15) is 14.4 Å². The molecule has 1 rings (SSSR count). The molecule has 1 aromatic carbocycles. The third-order valence-corrected chi connectivity index (χ3v) is 3.94. The van der Waals surface area contributed by atoms with Crippen LogP contribution in [0.1, 0.15) is 69.2 Å². The molecule has 6 nitrogen and oxygen atoms in total. The minimum atomic E-state index is -0.678.